The number of aromatic amines is 1. The lowest BCUT2D eigenvalue weighted by Gasteiger charge is -2.49. The first kappa shape index (κ1) is 25.7. The third-order valence-corrected chi connectivity index (χ3v) is 8.38. The summed E-state index contributed by atoms with van der Waals surface area (Å²) in [5.41, 5.74) is 7.07. The molecule has 3 aromatic rings. The highest BCUT2D eigenvalue weighted by Crippen LogP contribution is 2.41. The van der Waals surface area contributed by atoms with E-state index in [2.05, 4.69) is 36.1 Å². The Balaban J connectivity index is 1.30. The Hall–Kier alpha value is -3.96. The molecule has 0 radical (unpaired) electrons. The van der Waals surface area contributed by atoms with E-state index in [0.717, 1.165) is 16.9 Å². The first-order chi connectivity index (χ1) is 18.4. The van der Waals surface area contributed by atoms with Gasteiger partial charge in [0.2, 0.25) is 5.16 Å². The van der Waals surface area contributed by atoms with Gasteiger partial charge in [-0.2, -0.15) is 5.21 Å². The van der Waals surface area contributed by atoms with Crippen molar-refractivity contribution in [2.24, 2.45) is 5.16 Å². The van der Waals surface area contributed by atoms with E-state index in [1.807, 2.05) is 30.3 Å². The molecule has 38 heavy (non-hydrogen) atoms. The van der Waals surface area contributed by atoms with Gasteiger partial charge in [-0.3, -0.25) is 14.5 Å². The number of rotatable bonds is 10. The fourth-order valence-corrected chi connectivity index (χ4v) is 6.48. The number of benzene rings is 1. The summed E-state index contributed by atoms with van der Waals surface area (Å²) in [5.74, 6) is -1.86. The predicted octanol–water partition coefficient (Wildman–Crippen LogP) is 0.690. The summed E-state index contributed by atoms with van der Waals surface area (Å²) < 4.78 is 0. The lowest BCUT2D eigenvalue weighted by molar-refractivity contribution is -0.150. The Kier molecular flexibility index (Phi) is 7.57. The molecule has 0 saturated carbocycles. The fraction of sp³-hybridized carbons (Fsp3) is 0.238. The summed E-state index contributed by atoms with van der Waals surface area (Å²) in [4.78, 5) is 49.0. The zero-order valence-corrected chi connectivity index (χ0v) is 21.8. The molecule has 1 fully saturated rings. The topological polar surface area (TPSA) is 202 Å². The van der Waals surface area contributed by atoms with Crippen molar-refractivity contribution in [1.29, 1.82) is 0 Å². The van der Waals surface area contributed by atoms with Crippen molar-refractivity contribution < 1.29 is 24.3 Å². The maximum absolute atomic E-state index is 13.2. The van der Waals surface area contributed by atoms with Gasteiger partial charge >= 0.3 is 5.97 Å². The minimum Gasteiger partial charge on any atom is -0.477 e. The number of carbonyl (C=O) groups excluding carboxylic acids is 2. The van der Waals surface area contributed by atoms with Gasteiger partial charge < -0.3 is 21.0 Å². The summed E-state index contributed by atoms with van der Waals surface area (Å²) in [5, 5.41) is 31.5. The number of nitrogens with zero attached hydrogens (tertiary/aromatic N) is 6. The molecule has 14 nitrogen and oxygen atoms in total. The highest BCUT2D eigenvalue weighted by atomic mass is 32.2. The van der Waals surface area contributed by atoms with Crippen LogP contribution in [0.15, 0.2) is 57.3 Å². The molecule has 2 aliphatic heterocycles. The zero-order valence-electron chi connectivity index (χ0n) is 19.3. The molecule has 196 valence electrons. The average Bonchev–Trinajstić information content (AvgIpc) is 3.60. The molecule has 1 unspecified atom stereocenters. The number of amides is 2. The number of H-pyrrole nitrogens is 1. The summed E-state index contributed by atoms with van der Waals surface area (Å²) >= 11 is 3.67. The standard InChI is InChI=1S/C21H19N9O5S3/c22-20-23-12(9-37-20)13(27-35-6-10-4-2-1-3-5-10)16(31)24-14-17(32)30-15(19(33)34)11(7-36-18(14)30)8-38-21-25-28-29-26-21/h1-5,9,14,18H,6-8H2,(H2,22,23)(H,24,31)(H,33,34)(H,25,26,28,29)/t14?,18-/m0/s1. The monoisotopic (exact) mass is 573 g/mol. The number of hydrogen-bond acceptors (Lipinski definition) is 13. The average molecular weight is 574 g/mol. The minimum absolute atomic E-state index is 0.104. The van der Waals surface area contributed by atoms with Gasteiger partial charge in [0.25, 0.3) is 11.8 Å². The molecular formula is C21H19N9O5S3. The van der Waals surface area contributed by atoms with Crippen molar-refractivity contribution in [3.05, 3.63) is 58.2 Å². The van der Waals surface area contributed by atoms with E-state index in [0.29, 0.717) is 16.5 Å². The number of nitrogens with one attached hydrogen (secondary N) is 2. The van der Waals surface area contributed by atoms with Crippen LogP contribution in [-0.2, 0) is 25.8 Å². The molecule has 1 saturated heterocycles. The first-order valence-corrected chi connectivity index (χ1v) is 13.9. The molecule has 0 aliphatic carbocycles. The number of carboxylic acid groups (broad SMARTS) is 1. The predicted molar refractivity (Wildman–Crippen MR) is 139 cm³/mol. The number of aliphatic carboxylic acids is 1. The first-order valence-electron chi connectivity index (χ1n) is 10.9. The minimum atomic E-state index is -1.23. The zero-order chi connectivity index (χ0) is 26.6. The number of β-lactam (4-membered cyclic amide) rings is 1. The molecule has 5 rings (SSSR count). The molecule has 0 spiro atoms. The van der Waals surface area contributed by atoms with E-state index < -0.39 is 29.2 Å². The number of oxime groups is 1. The second kappa shape index (κ2) is 11.2. The highest BCUT2D eigenvalue weighted by molar-refractivity contribution is 8.01. The summed E-state index contributed by atoms with van der Waals surface area (Å²) in [6.07, 6.45) is 0. The van der Waals surface area contributed by atoms with E-state index in [-0.39, 0.29) is 34.6 Å². The maximum atomic E-state index is 13.2. The van der Waals surface area contributed by atoms with E-state index in [1.165, 1.54) is 28.4 Å². The number of nitrogen functional groups attached to an aromatic ring is 1. The maximum Gasteiger partial charge on any atom is 0.352 e. The SMILES string of the molecule is Nc1nc(C(=NOCc2ccccc2)C(=O)NC2C(=O)N3C(C(=O)O)=C(CSc4nn[nH]n4)CS[C@@H]23)cs1. The van der Waals surface area contributed by atoms with E-state index >= 15 is 0 Å². The lowest BCUT2D eigenvalue weighted by Crippen LogP contribution is -2.71. The van der Waals surface area contributed by atoms with Crippen LogP contribution in [0, 0.1) is 0 Å². The second-order valence-corrected chi connectivity index (χ2v) is 10.8. The number of thiazole rings is 1. The van der Waals surface area contributed by atoms with Crippen molar-refractivity contribution in [1.82, 2.24) is 35.8 Å². The Morgan fingerprint density at radius 2 is 2.16 bits per heavy atom. The number of thioether (sulfide) groups is 2. The van der Waals surface area contributed by atoms with Crippen molar-refractivity contribution in [3.8, 4) is 0 Å². The van der Waals surface area contributed by atoms with Gasteiger partial charge in [0.15, 0.2) is 10.8 Å². The molecule has 17 heteroatoms. The Morgan fingerprint density at radius 3 is 2.84 bits per heavy atom. The van der Waals surface area contributed by atoms with Crippen LogP contribution in [0.5, 0.6) is 0 Å². The third kappa shape index (κ3) is 5.34. The number of anilines is 1. The molecule has 2 aliphatic rings. The quantitative estimate of drug-likeness (QED) is 0.115. The van der Waals surface area contributed by atoms with E-state index in [9.17, 15) is 19.5 Å². The van der Waals surface area contributed by atoms with Crippen molar-refractivity contribution in [3.63, 3.8) is 0 Å². The van der Waals surface area contributed by atoms with Crippen molar-refractivity contribution in [2.45, 2.75) is 23.2 Å². The number of carboxylic acids is 1. The normalized spacial score (nSPS) is 19.1. The largest absolute Gasteiger partial charge is 0.477 e. The molecule has 5 N–H and O–H groups in total. The van der Waals surface area contributed by atoms with Gasteiger partial charge in [0.1, 0.15) is 29.4 Å². The second-order valence-electron chi connectivity index (χ2n) is 7.87. The van der Waals surface area contributed by atoms with Gasteiger partial charge in [-0.05, 0) is 16.3 Å². The third-order valence-electron chi connectivity index (χ3n) is 5.45. The number of carbonyl (C=O) groups is 3. The molecule has 0 bridgehead atoms. The molecule has 2 atom stereocenters. The lowest BCUT2D eigenvalue weighted by atomic mass is 10.0. The Morgan fingerprint density at radius 1 is 1.34 bits per heavy atom. The van der Waals surface area contributed by atoms with Crippen LogP contribution in [0.3, 0.4) is 0 Å². The van der Waals surface area contributed by atoms with Gasteiger partial charge in [-0.25, -0.2) is 9.78 Å². The molecule has 2 aromatic heterocycles. The Bertz CT molecular complexity index is 1410. The molecule has 1 aromatic carbocycles. The van der Waals surface area contributed by atoms with Crippen molar-refractivity contribution >= 4 is 63.5 Å². The number of hydrogen-bond donors (Lipinski definition) is 4. The summed E-state index contributed by atoms with van der Waals surface area (Å²) in [6, 6.07) is 8.31. The van der Waals surface area contributed by atoms with Crippen LogP contribution in [0.4, 0.5) is 5.13 Å². The fourth-order valence-electron chi connectivity index (χ4n) is 3.72. The number of tetrazole rings is 1. The van der Waals surface area contributed by atoms with Crippen LogP contribution >= 0.6 is 34.9 Å². The van der Waals surface area contributed by atoms with Crippen LogP contribution in [0.25, 0.3) is 0 Å². The van der Waals surface area contributed by atoms with Crippen LogP contribution in [-0.4, -0.2) is 82.0 Å². The van der Waals surface area contributed by atoms with Gasteiger partial charge in [-0.15, -0.1) is 33.3 Å². The van der Waals surface area contributed by atoms with Gasteiger partial charge in [-0.1, -0.05) is 47.2 Å². The van der Waals surface area contributed by atoms with E-state index in [4.69, 9.17) is 10.6 Å². The Labute approximate surface area is 227 Å². The number of fused-ring (bicyclic) bond motifs is 1. The number of aromatic nitrogens is 5. The molecule has 4 heterocycles. The summed E-state index contributed by atoms with van der Waals surface area (Å²) in [7, 11) is 0. The highest BCUT2D eigenvalue weighted by Gasteiger charge is 2.54. The molecule has 2 amide bonds. The van der Waals surface area contributed by atoms with Crippen LogP contribution in [0.2, 0.25) is 0 Å². The van der Waals surface area contributed by atoms with Gasteiger partial charge in [0, 0.05) is 16.9 Å². The van der Waals surface area contributed by atoms with Crippen LogP contribution in [0.1, 0.15) is 11.3 Å². The van der Waals surface area contributed by atoms with Crippen molar-refractivity contribution in [2.75, 3.05) is 17.2 Å². The van der Waals surface area contributed by atoms with Crippen LogP contribution < -0.4 is 11.1 Å². The van der Waals surface area contributed by atoms with E-state index in [1.54, 1.807) is 5.38 Å². The van der Waals surface area contributed by atoms with Gasteiger partial charge in [0.05, 0.1) is 0 Å². The molecular weight excluding hydrogens is 554 g/mol. The smallest absolute Gasteiger partial charge is 0.352 e. The number of nitrogens with two attached hydrogens (primary N) is 1. The summed E-state index contributed by atoms with van der Waals surface area (Å²) in [6.45, 7) is 0.114.